The van der Waals surface area contributed by atoms with E-state index in [0.717, 1.165) is 11.1 Å². The molecule has 2 rings (SSSR count). The maximum absolute atomic E-state index is 12.4. The van der Waals surface area contributed by atoms with Gasteiger partial charge in [-0.2, -0.15) is 0 Å². The van der Waals surface area contributed by atoms with E-state index in [4.69, 9.17) is 9.47 Å². The van der Waals surface area contributed by atoms with Crippen molar-refractivity contribution in [3.63, 3.8) is 0 Å². The molecule has 1 heterocycles. The summed E-state index contributed by atoms with van der Waals surface area (Å²) in [6.07, 6.45) is 0. The molecule has 122 valence electrons. The first-order valence-electron chi connectivity index (χ1n) is 7.36. The quantitative estimate of drug-likeness (QED) is 0.679. The lowest BCUT2D eigenvalue weighted by atomic mass is 10.1. The van der Waals surface area contributed by atoms with Crippen LogP contribution in [0.3, 0.4) is 0 Å². The molecule has 0 amide bonds. The Morgan fingerprint density at radius 1 is 1.13 bits per heavy atom. The van der Waals surface area contributed by atoms with E-state index in [0.29, 0.717) is 28.3 Å². The summed E-state index contributed by atoms with van der Waals surface area (Å²) in [6, 6.07) is 5.84. The highest BCUT2D eigenvalue weighted by Gasteiger charge is 2.22. The molecule has 1 aromatic carbocycles. The SMILES string of the molecule is COC(=O)c1c(C)[nH]c(C(=O)COc2cc(C)ccc2C)c1C. The molecule has 2 aromatic rings. The molecule has 0 bridgehead atoms. The maximum Gasteiger partial charge on any atom is 0.339 e. The van der Waals surface area contributed by atoms with Crippen LogP contribution in [-0.2, 0) is 4.74 Å². The Bertz CT molecular complexity index is 759. The van der Waals surface area contributed by atoms with Gasteiger partial charge < -0.3 is 14.5 Å². The molecule has 0 saturated carbocycles. The average Bonchev–Trinajstić information content (AvgIpc) is 2.82. The van der Waals surface area contributed by atoms with Gasteiger partial charge in [-0.05, 0) is 50.5 Å². The van der Waals surface area contributed by atoms with Crippen LogP contribution in [0.15, 0.2) is 18.2 Å². The number of rotatable bonds is 5. The number of carbonyl (C=O) groups excluding carboxylic acids is 2. The van der Waals surface area contributed by atoms with Crippen LogP contribution in [0.4, 0.5) is 0 Å². The monoisotopic (exact) mass is 315 g/mol. The number of nitrogens with one attached hydrogen (secondary N) is 1. The molecule has 0 aliphatic carbocycles. The molecule has 5 nitrogen and oxygen atoms in total. The molecule has 0 spiro atoms. The number of hydrogen-bond donors (Lipinski definition) is 1. The summed E-state index contributed by atoms with van der Waals surface area (Å²) in [4.78, 5) is 27.1. The Hall–Kier alpha value is -2.56. The number of Topliss-reactive ketones (excluding diaryl/α,β-unsaturated/α-hetero) is 1. The number of methoxy groups -OCH3 is 1. The molecule has 0 fully saturated rings. The Morgan fingerprint density at radius 3 is 2.48 bits per heavy atom. The van der Waals surface area contributed by atoms with Crippen molar-refractivity contribution >= 4 is 11.8 Å². The second kappa shape index (κ2) is 6.69. The summed E-state index contributed by atoms with van der Waals surface area (Å²) in [5.74, 6) is 0.0277. The minimum absolute atomic E-state index is 0.0916. The highest BCUT2D eigenvalue weighted by molar-refractivity contribution is 6.02. The molecule has 23 heavy (non-hydrogen) atoms. The lowest BCUT2D eigenvalue weighted by Crippen LogP contribution is -2.14. The van der Waals surface area contributed by atoms with Crippen molar-refractivity contribution in [2.45, 2.75) is 27.7 Å². The summed E-state index contributed by atoms with van der Waals surface area (Å²) < 4.78 is 10.4. The number of ether oxygens (including phenoxy) is 2. The average molecular weight is 315 g/mol. The molecule has 1 N–H and O–H groups in total. The zero-order chi connectivity index (χ0) is 17.1. The van der Waals surface area contributed by atoms with E-state index < -0.39 is 5.97 Å². The summed E-state index contributed by atoms with van der Waals surface area (Å²) >= 11 is 0. The molecule has 1 aromatic heterocycles. The highest BCUT2D eigenvalue weighted by Crippen LogP contribution is 2.22. The van der Waals surface area contributed by atoms with Crippen LogP contribution in [0, 0.1) is 27.7 Å². The third-order valence-corrected chi connectivity index (χ3v) is 3.81. The smallest absolute Gasteiger partial charge is 0.339 e. The Balaban J connectivity index is 2.19. The van der Waals surface area contributed by atoms with Crippen LogP contribution in [0.2, 0.25) is 0 Å². The van der Waals surface area contributed by atoms with Crippen molar-refractivity contribution in [2.24, 2.45) is 0 Å². The van der Waals surface area contributed by atoms with Gasteiger partial charge in [-0.25, -0.2) is 4.79 Å². The van der Waals surface area contributed by atoms with E-state index in [1.54, 1.807) is 13.8 Å². The number of H-pyrrole nitrogens is 1. The Labute approximate surface area is 135 Å². The highest BCUT2D eigenvalue weighted by atomic mass is 16.5. The van der Waals surface area contributed by atoms with Crippen LogP contribution in [0.25, 0.3) is 0 Å². The molecule has 0 saturated heterocycles. The van der Waals surface area contributed by atoms with Crippen molar-refractivity contribution in [2.75, 3.05) is 13.7 Å². The van der Waals surface area contributed by atoms with Gasteiger partial charge in [-0.1, -0.05) is 12.1 Å². The number of carbonyl (C=O) groups is 2. The summed E-state index contributed by atoms with van der Waals surface area (Å²) in [5.41, 5.74) is 4.03. The third-order valence-electron chi connectivity index (χ3n) is 3.81. The van der Waals surface area contributed by atoms with E-state index in [-0.39, 0.29) is 12.4 Å². The fourth-order valence-electron chi connectivity index (χ4n) is 2.52. The summed E-state index contributed by atoms with van der Waals surface area (Å²) in [7, 11) is 1.32. The number of hydrogen-bond acceptors (Lipinski definition) is 4. The summed E-state index contributed by atoms with van der Waals surface area (Å²) in [6.45, 7) is 7.27. The molecule has 0 atom stereocenters. The molecule has 0 aliphatic rings. The van der Waals surface area contributed by atoms with Crippen molar-refractivity contribution < 1.29 is 19.1 Å². The van der Waals surface area contributed by atoms with Crippen molar-refractivity contribution in [3.05, 3.63) is 51.8 Å². The molecular formula is C18H21NO4. The zero-order valence-corrected chi connectivity index (χ0v) is 14.1. The van der Waals surface area contributed by atoms with Crippen molar-refractivity contribution in [1.29, 1.82) is 0 Å². The predicted octanol–water partition coefficient (Wildman–Crippen LogP) is 3.30. The van der Waals surface area contributed by atoms with Gasteiger partial charge in [-0.3, -0.25) is 4.79 Å². The maximum atomic E-state index is 12.4. The molecular weight excluding hydrogens is 294 g/mol. The molecule has 0 radical (unpaired) electrons. The fourth-order valence-corrected chi connectivity index (χ4v) is 2.52. The zero-order valence-electron chi connectivity index (χ0n) is 14.1. The standard InChI is InChI=1S/C18H21NO4/c1-10-6-7-11(2)15(8-10)23-9-14(20)17-12(3)16(13(4)19-17)18(21)22-5/h6-8,19H,9H2,1-5H3. The van der Waals surface area contributed by atoms with Crippen molar-refractivity contribution in [1.82, 2.24) is 4.98 Å². The van der Waals surface area contributed by atoms with Crippen LogP contribution in [0.1, 0.15) is 43.2 Å². The number of aromatic nitrogens is 1. The van der Waals surface area contributed by atoms with E-state index in [1.165, 1.54) is 7.11 Å². The number of ketones is 1. The lowest BCUT2D eigenvalue weighted by Gasteiger charge is -2.09. The first kappa shape index (κ1) is 16.8. The minimum Gasteiger partial charge on any atom is -0.485 e. The van der Waals surface area contributed by atoms with Gasteiger partial charge in [0.1, 0.15) is 5.75 Å². The van der Waals surface area contributed by atoms with E-state index in [2.05, 4.69) is 4.98 Å². The first-order valence-corrected chi connectivity index (χ1v) is 7.36. The Kier molecular flexibility index (Phi) is 4.89. The van der Waals surface area contributed by atoms with Gasteiger partial charge in [0.05, 0.1) is 18.4 Å². The molecule has 5 heteroatoms. The summed E-state index contributed by atoms with van der Waals surface area (Å²) in [5, 5.41) is 0. The van der Waals surface area contributed by atoms with Gasteiger partial charge in [-0.15, -0.1) is 0 Å². The third kappa shape index (κ3) is 3.44. The number of benzene rings is 1. The van der Waals surface area contributed by atoms with Crippen LogP contribution < -0.4 is 4.74 Å². The van der Waals surface area contributed by atoms with E-state index in [9.17, 15) is 9.59 Å². The van der Waals surface area contributed by atoms with E-state index >= 15 is 0 Å². The van der Waals surface area contributed by atoms with Gasteiger partial charge in [0, 0.05) is 5.69 Å². The lowest BCUT2D eigenvalue weighted by molar-refractivity contribution is 0.0599. The van der Waals surface area contributed by atoms with Gasteiger partial charge in [0.15, 0.2) is 6.61 Å². The normalized spacial score (nSPS) is 10.5. The largest absolute Gasteiger partial charge is 0.485 e. The van der Waals surface area contributed by atoms with Gasteiger partial charge >= 0.3 is 5.97 Å². The van der Waals surface area contributed by atoms with Crippen LogP contribution in [-0.4, -0.2) is 30.5 Å². The topological polar surface area (TPSA) is 68.4 Å². The van der Waals surface area contributed by atoms with Gasteiger partial charge in [0.25, 0.3) is 0 Å². The number of aromatic amines is 1. The molecule has 0 unspecified atom stereocenters. The van der Waals surface area contributed by atoms with Crippen molar-refractivity contribution in [3.8, 4) is 5.75 Å². The van der Waals surface area contributed by atoms with Gasteiger partial charge in [0.2, 0.25) is 5.78 Å². The van der Waals surface area contributed by atoms with Crippen LogP contribution in [0.5, 0.6) is 5.75 Å². The minimum atomic E-state index is -0.453. The second-order valence-corrected chi connectivity index (χ2v) is 5.60. The number of esters is 1. The molecule has 0 aliphatic heterocycles. The fraction of sp³-hybridized carbons (Fsp3) is 0.333. The van der Waals surface area contributed by atoms with Crippen LogP contribution >= 0.6 is 0 Å². The predicted molar refractivity (Wildman–Crippen MR) is 87.3 cm³/mol. The second-order valence-electron chi connectivity index (χ2n) is 5.60. The number of aryl methyl sites for hydroxylation is 3. The van der Waals surface area contributed by atoms with E-state index in [1.807, 2.05) is 32.0 Å². The Morgan fingerprint density at radius 2 is 1.83 bits per heavy atom. The first-order chi connectivity index (χ1) is 10.8.